The number of fused-ring (bicyclic) bond motifs is 3. The number of carbonyl (C=O) groups is 3. The summed E-state index contributed by atoms with van der Waals surface area (Å²) in [6, 6.07) is 17.1. The standard InChI is InChI=1S/C31H36N4O6/c1-7-35-23-11-9-8-10-21(23)22-16-20(12-13-24(22)35)32-27(36)17-31(2,3)18-28(37)33-34-30(38)19-14-25(39-4)29(41-6)26(15-19)40-5/h8-16H,7,17-18H2,1-6H3,(H,32,36)(H,33,37)(H,34,38). The van der Waals surface area contributed by atoms with Crippen LogP contribution in [0.2, 0.25) is 0 Å². The smallest absolute Gasteiger partial charge is 0.269 e. The Hall–Kier alpha value is -4.73. The van der Waals surface area contributed by atoms with E-state index in [-0.39, 0.29) is 24.3 Å². The van der Waals surface area contributed by atoms with E-state index in [4.69, 9.17) is 14.2 Å². The highest BCUT2D eigenvalue weighted by atomic mass is 16.5. The van der Waals surface area contributed by atoms with Crippen LogP contribution < -0.4 is 30.4 Å². The summed E-state index contributed by atoms with van der Waals surface area (Å²) in [6.45, 7) is 6.60. The third-order valence-electron chi connectivity index (χ3n) is 6.89. The second-order valence-electron chi connectivity index (χ2n) is 10.5. The first-order chi connectivity index (χ1) is 19.6. The molecule has 3 amide bonds. The molecule has 0 aliphatic carbocycles. The number of benzene rings is 3. The van der Waals surface area contributed by atoms with Crippen LogP contribution in [0, 0.1) is 5.41 Å². The Morgan fingerprint density at radius 2 is 1.41 bits per heavy atom. The Bertz CT molecular complexity index is 1580. The van der Waals surface area contributed by atoms with E-state index in [2.05, 4.69) is 39.8 Å². The number of nitrogens with zero attached hydrogens (tertiary/aromatic N) is 1. The van der Waals surface area contributed by atoms with Gasteiger partial charge in [-0.1, -0.05) is 32.0 Å². The summed E-state index contributed by atoms with van der Waals surface area (Å²) in [4.78, 5) is 38.3. The molecule has 0 unspecified atom stereocenters. The van der Waals surface area contributed by atoms with Crippen LogP contribution in [0.4, 0.5) is 5.69 Å². The van der Waals surface area contributed by atoms with E-state index in [1.807, 2.05) is 44.2 Å². The molecule has 41 heavy (non-hydrogen) atoms. The zero-order chi connectivity index (χ0) is 29.7. The number of hydrazine groups is 1. The van der Waals surface area contributed by atoms with Gasteiger partial charge in [0.05, 0.1) is 21.3 Å². The van der Waals surface area contributed by atoms with Crippen molar-refractivity contribution in [2.45, 2.75) is 40.2 Å². The number of para-hydroxylation sites is 1. The lowest BCUT2D eigenvalue weighted by atomic mass is 9.85. The number of aromatic nitrogens is 1. The Balaban J connectivity index is 1.36. The van der Waals surface area contributed by atoms with Crippen LogP contribution in [-0.4, -0.2) is 43.6 Å². The van der Waals surface area contributed by atoms with Gasteiger partial charge in [0.2, 0.25) is 17.6 Å². The van der Waals surface area contributed by atoms with Gasteiger partial charge in [-0.25, -0.2) is 0 Å². The van der Waals surface area contributed by atoms with Crippen LogP contribution in [0.1, 0.15) is 44.0 Å². The first-order valence-electron chi connectivity index (χ1n) is 13.3. The minimum absolute atomic E-state index is 0.0129. The lowest BCUT2D eigenvalue weighted by molar-refractivity contribution is -0.124. The SMILES string of the molecule is CCn1c2ccccc2c2cc(NC(=O)CC(C)(C)CC(=O)NNC(=O)c3cc(OC)c(OC)c(OC)c3)ccc21. The van der Waals surface area contributed by atoms with Crippen LogP contribution in [0.25, 0.3) is 21.8 Å². The quantitative estimate of drug-likeness (QED) is 0.234. The molecule has 0 saturated heterocycles. The molecule has 0 bridgehead atoms. The molecule has 10 nitrogen and oxygen atoms in total. The van der Waals surface area contributed by atoms with Gasteiger partial charge in [-0.05, 0) is 48.7 Å². The molecule has 0 radical (unpaired) electrons. The summed E-state index contributed by atoms with van der Waals surface area (Å²) in [5.74, 6) is -0.229. The number of nitrogens with one attached hydrogen (secondary N) is 3. The lowest BCUT2D eigenvalue weighted by Gasteiger charge is -2.23. The van der Waals surface area contributed by atoms with Gasteiger partial charge in [0, 0.05) is 52.4 Å². The van der Waals surface area contributed by atoms with Crippen LogP contribution in [-0.2, 0) is 16.1 Å². The van der Waals surface area contributed by atoms with E-state index in [9.17, 15) is 14.4 Å². The van der Waals surface area contributed by atoms with Crippen molar-refractivity contribution in [2.75, 3.05) is 26.6 Å². The monoisotopic (exact) mass is 560 g/mol. The van der Waals surface area contributed by atoms with Crippen LogP contribution in [0.15, 0.2) is 54.6 Å². The number of hydrogen-bond acceptors (Lipinski definition) is 6. The Labute approximate surface area is 238 Å². The molecule has 0 atom stereocenters. The maximum absolute atomic E-state index is 12.9. The Morgan fingerprint density at radius 1 is 0.780 bits per heavy atom. The molecular weight excluding hydrogens is 524 g/mol. The van der Waals surface area contributed by atoms with E-state index in [1.165, 1.54) is 33.5 Å². The van der Waals surface area contributed by atoms with Gasteiger partial charge < -0.3 is 24.1 Å². The molecule has 1 aromatic heterocycles. The van der Waals surface area contributed by atoms with Crippen LogP contribution in [0.3, 0.4) is 0 Å². The normalized spacial score (nSPS) is 11.3. The zero-order valence-electron chi connectivity index (χ0n) is 24.2. The fourth-order valence-corrected chi connectivity index (χ4v) is 5.06. The Morgan fingerprint density at radius 3 is 2.05 bits per heavy atom. The first kappa shape index (κ1) is 29.3. The number of aryl methyl sites for hydroxylation is 1. The summed E-state index contributed by atoms with van der Waals surface area (Å²) in [6.07, 6.45) is 0.120. The van der Waals surface area contributed by atoms with Gasteiger partial charge in [-0.15, -0.1) is 0 Å². The van der Waals surface area contributed by atoms with Crippen molar-refractivity contribution in [3.63, 3.8) is 0 Å². The largest absolute Gasteiger partial charge is 0.493 e. The third-order valence-corrected chi connectivity index (χ3v) is 6.89. The van der Waals surface area contributed by atoms with Gasteiger partial charge in [0.15, 0.2) is 11.5 Å². The highest BCUT2D eigenvalue weighted by Crippen LogP contribution is 2.38. The number of carbonyl (C=O) groups excluding carboxylic acids is 3. The van der Waals surface area contributed by atoms with Gasteiger partial charge in [-0.3, -0.25) is 25.2 Å². The molecule has 0 aliphatic heterocycles. The predicted octanol–water partition coefficient (Wildman–Crippen LogP) is 5.05. The zero-order valence-corrected chi connectivity index (χ0v) is 24.2. The molecule has 0 saturated carbocycles. The summed E-state index contributed by atoms with van der Waals surface area (Å²) >= 11 is 0. The van der Waals surface area contributed by atoms with Crippen molar-refractivity contribution in [3.05, 3.63) is 60.2 Å². The highest BCUT2D eigenvalue weighted by Gasteiger charge is 2.26. The molecule has 0 aliphatic rings. The lowest BCUT2D eigenvalue weighted by Crippen LogP contribution is -2.43. The molecular formula is C31H36N4O6. The van der Waals surface area contributed by atoms with Crippen molar-refractivity contribution in [1.82, 2.24) is 15.4 Å². The maximum atomic E-state index is 12.9. The third kappa shape index (κ3) is 6.37. The Kier molecular flexibility index (Phi) is 8.71. The van der Waals surface area contributed by atoms with E-state index in [0.29, 0.717) is 22.9 Å². The fraction of sp³-hybridized carbons (Fsp3) is 0.323. The molecule has 1 heterocycles. The van der Waals surface area contributed by atoms with E-state index < -0.39 is 17.2 Å². The molecule has 4 rings (SSSR count). The number of rotatable bonds is 10. The maximum Gasteiger partial charge on any atom is 0.269 e. The predicted molar refractivity (Wildman–Crippen MR) is 158 cm³/mol. The van der Waals surface area contributed by atoms with E-state index >= 15 is 0 Å². The summed E-state index contributed by atoms with van der Waals surface area (Å²) in [5, 5.41) is 5.18. The average Bonchev–Trinajstić information content (AvgIpc) is 3.27. The minimum Gasteiger partial charge on any atom is -0.493 e. The molecule has 0 fully saturated rings. The van der Waals surface area contributed by atoms with E-state index in [0.717, 1.165) is 28.4 Å². The van der Waals surface area contributed by atoms with Crippen molar-refractivity contribution in [1.29, 1.82) is 0 Å². The highest BCUT2D eigenvalue weighted by molar-refractivity contribution is 6.09. The average molecular weight is 561 g/mol. The van der Waals surface area contributed by atoms with Crippen molar-refractivity contribution >= 4 is 45.2 Å². The molecule has 3 aromatic carbocycles. The molecule has 10 heteroatoms. The number of hydrogen-bond donors (Lipinski definition) is 3. The number of ether oxygens (including phenoxy) is 3. The fourth-order valence-electron chi connectivity index (χ4n) is 5.06. The van der Waals surface area contributed by atoms with Gasteiger partial charge >= 0.3 is 0 Å². The van der Waals surface area contributed by atoms with Gasteiger partial charge in [-0.2, -0.15) is 0 Å². The molecule has 4 aromatic rings. The van der Waals surface area contributed by atoms with Gasteiger partial charge in [0.25, 0.3) is 5.91 Å². The molecule has 0 spiro atoms. The number of methoxy groups -OCH3 is 3. The van der Waals surface area contributed by atoms with Crippen molar-refractivity contribution in [2.24, 2.45) is 5.41 Å². The number of anilines is 1. The molecule has 3 N–H and O–H groups in total. The van der Waals surface area contributed by atoms with Gasteiger partial charge in [0.1, 0.15) is 0 Å². The summed E-state index contributed by atoms with van der Waals surface area (Å²) in [5.41, 5.74) is 7.31. The van der Waals surface area contributed by atoms with Crippen molar-refractivity contribution in [3.8, 4) is 17.2 Å². The number of amides is 3. The second kappa shape index (κ2) is 12.2. The molecule has 216 valence electrons. The topological polar surface area (TPSA) is 120 Å². The minimum atomic E-state index is -0.673. The first-order valence-corrected chi connectivity index (χ1v) is 13.3. The van der Waals surface area contributed by atoms with E-state index in [1.54, 1.807) is 0 Å². The summed E-state index contributed by atoms with van der Waals surface area (Å²) in [7, 11) is 4.36. The van der Waals surface area contributed by atoms with Crippen LogP contribution >= 0.6 is 0 Å². The van der Waals surface area contributed by atoms with Crippen molar-refractivity contribution < 1.29 is 28.6 Å². The van der Waals surface area contributed by atoms with Crippen LogP contribution in [0.5, 0.6) is 17.2 Å². The second-order valence-corrected chi connectivity index (χ2v) is 10.5. The summed E-state index contributed by atoms with van der Waals surface area (Å²) < 4.78 is 18.1.